The summed E-state index contributed by atoms with van der Waals surface area (Å²) in [7, 11) is 0. The predicted molar refractivity (Wildman–Crippen MR) is 65.2 cm³/mol. The normalized spacial score (nSPS) is 10.5. The third-order valence-corrected chi connectivity index (χ3v) is 2.53. The molecule has 15 heavy (non-hydrogen) atoms. The number of anilines is 1. The van der Waals surface area contributed by atoms with Crippen LogP contribution in [0.3, 0.4) is 0 Å². The number of aromatic amines is 1. The Morgan fingerprint density at radius 1 is 1.20 bits per heavy atom. The smallest absolute Gasteiger partial charge is 0.200 e. The molecule has 0 spiro atoms. The van der Waals surface area contributed by atoms with Crippen LogP contribution in [0, 0.1) is 6.92 Å². The van der Waals surface area contributed by atoms with Gasteiger partial charge in [-0.05, 0) is 13.3 Å². The molecule has 0 aliphatic heterocycles. The summed E-state index contributed by atoms with van der Waals surface area (Å²) in [5.41, 5.74) is 1.11. The first-order valence-electron chi connectivity index (χ1n) is 6.08. The highest BCUT2D eigenvalue weighted by atomic mass is 15.1. The minimum atomic E-state index is 0.904. The van der Waals surface area contributed by atoms with Gasteiger partial charge in [-0.15, -0.1) is 0 Å². The van der Waals surface area contributed by atoms with Crippen molar-refractivity contribution in [2.45, 2.75) is 52.4 Å². The van der Waals surface area contributed by atoms with Crippen LogP contribution in [0.5, 0.6) is 0 Å². The first-order chi connectivity index (χ1) is 7.33. The van der Waals surface area contributed by atoms with Gasteiger partial charge in [-0.3, -0.25) is 0 Å². The van der Waals surface area contributed by atoms with Gasteiger partial charge in [0.1, 0.15) is 0 Å². The van der Waals surface area contributed by atoms with Crippen molar-refractivity contribution in [3.05, 3.63) is 11.9 Å². The molecule has 0 radical (unpaired) electrons. The van der Waals surface area contributed by atoms with Gasteiger partial charge in [-0.25, -0.2) is 4.98 Å². The van der Waals surface area contributed by atoms with Gasteiger partial charge in [0.25, 0.3) is 0 Å². The minimum Gasteiger partial charge on any atom is -0.356 e. The Morgan fingerprint density at radius 2 is 1.93 bits per heavy atom. The van der Waals surface area contributed by atoms with Crippen LogP contribution in [0.1, 0.15) is 51.1 Å². The molecule has 1 rings (SSSR count). The van der Waals surface area contributed by atoms with Crippen LogP contribution in [0.25, 0.3) is 0 Å². The molecule has 0 aromatic carbocycles. The lowest BCUT2D eigenvalue weighted by atomic mass is 10.1. The van der Waals surface area contributed by atoms with Crippen LogP contribution in [0.2, 0.25) is 0 Å². The fourth-order valence-electron chi connectivity index (χ4n) is 1.61. The largest absolute Gasteiger partial charge is 0.356 e. The third-order valence-electron chi connectivity index (χ3n) is 2.53. The predicted octanol–water partition coefficient (Wildman–Crippen LogP) is 3.49. The first kappa shape index (κ1) is 12.1. The maximum Gasteiger partial charge on any atom is 0.200 e. The molecule has 0 unspecified atom stereocenters. The molecule has 2 N–H and O–H groups in total. The van der Waals surface area contributed by atoms with Crippen molar-refractivity contribution in [3.8, 4) is 0 Å². The quantitative estimate of drug-likeness (QED) is 0.643. The molecule has 1 heterocycles. The second kappa shape index (κ2) is 7.32. The van der Waals surface area contributed by atoms with Crippen LogP contribution < -0.4 is 5.32 Å². The molecule has 0 saturated heterocycles. The van der Waals surface area contributed by atoms with Crippen molar-refractivity contribution in [2.24, 2.45) is 0 Å². The van der Waals surface area contributed by atoms with Crippen LogP contribution in [0.4, 0.5) is 5.95 Å². The highest BCUT2D eigenvalue weighted by Crippen LogP contribution is 2.06. The molecule has 0 saturated carbocycles. The van der Waals surface area contributed by atoms with Gasteiger partial charge in [0.05, 0.1) is 0 Å². The Hall–Kier alpha value is -0.990. The van der Waals surface area contributed by atoms with E-state index in [4.69, 9.17) is 0 Å². The molecule has 0 atom stereocenters. The van der Waals surface area contributed by atoms with Gasteiger partial charge in [0.15, 0.2) is 5.95 Å². The molecule has 0 fully saturated rings. The van der Waals surface area contributed by atoms with Crippen LogP contribution in [-0.2, 0) is 0 Å². The van der Waals surface area contributed by atoms with Crippen molar-refractivity contribution >= 4 is 5.95 Å². The highest BCUT2D eigenvalue weighted by molar-refractivity contribution is 5.25. The summed E-state index contributed by atoms with van der Waals surface area (Å²) in [6.07, 6.45) is 9.87. The van der Waals surface area contributed by atoms with Crippen molar-refractivity contribution < 1.29 is 0 Å². The maximum atomic E-state index is 4.20. The van der Waals surface area contributed by atoms with E-state index in [9.17, 15) is 0 Å². The molecular formula is C12H23N3. The topological polar surface area (TPSA) is 40.7 Å². The zero-order valence-electron chi connectivity index (χ0n) is 9.97. The van der Waals surface area contributed by atoms with E-state index < -0.39 is 0 Å². The molecule has 3 nitrogen and oxygen atoms in total. The summed E-state index contributed by atoms with van der Waals surface area (Å²) in [4.78, 5) is 7.36. The molecule has 3 heteroatoms. The van der Waals surface area contributed by atoms with Crippen molar-refractivity contribution in [1.82, 2.24) is 9.97 Å². The number of aryl methyl sites for hydroxylation is 1. The molecule has 0 amide bonds. The maximum absolute atomic E-state index is 4.20. The average Bonchev–Trinajstić information content (AvgIpc) is 2.63. The summed E-state index contributed by atoms with van der Waals surface area (Å²) in [5.74, 6) is 0.904. The minimum absolute atomic E-state index is 0.904. The highest BCUT2D eigenvalue weighted by Gasteiger charge is 1.95. The Labute approximate surface area is 92.7 Å². The standard InChI is InChI=1S/C12H23N3/c1-3-4-5-6-7-8-9-13-12-14-10-11(2)15-12/h10H,3-9H2,1-2H3,(H2,13,14,15). The van der Waals surface area contributed by atoms with Crippen LogP contribution in [-0.4, -0.2) is 16.5 Å². The van der Waals surface area contributed by atoms with Gasteiger partial charge >= 0.3 is 0 Å². The number of rotatable bonds is 8. The zero-order chi connectivity index (χ0) is 10.9. The van der Waals surface area contributed by atoms with Gasteiger partial charge in [0.2, 0.25) is 0 Å². The van der Waals surface area contributed by atoms with Gasteiger partial charge < -0.3 is 10.3 Å². The van der Waals surface area contributed by atoms with E-state index >= 15 is 0 Å². The molecule has 0 bridgehead atoms. The number of H-pyrrole nitrogens is 1. The second-order valence-corrected chi connectivity index (χ2v) is 4.11. The van der Waals surface area contributed by atoms with E-state index in [2.05, 4.69) is 22.2 Å². The summed E-state index contributed by atoms with van der Waals surface area (Å²) in [5, 5.41) is 3.29. The van der Waals surface area contributed by atoms with Gasteiger partial charge in [-0.1, -0.05) is 39.0 Å². The lowest BCUT2D eigenvalue weighted by Crippen LogP contribution is -2.02. The van der Waals surface area contributed by atoms with E-state index in [1.807, 2.05) is 13.1 Å². The molecule has 86 valence electrons. The van der Waals surface area contributed by atoms with Gasteiger partial charge in [-0.2, -0.15) is 0 Å². The number of nitrogens with zero attached hydrogens (tertiary/aromatic N) is 1. The van der Waals surface area contributed by atoms with E-state index in [0.29, 0.717) is 0 Å². The molecular weight excluding hydrogens is 186 g/mol. The zero-order valence-corrected chi connectivity index (χ0v) is 9.97. The Kier molecular flexibility index (Phi) is 5.90. The Bertz CT molecular complexity index is 255. The van der Waals surface area contributed by atoms with E-state index in [0.717, 1.165) is 18.2 Å². The Balaban J connectivity index is 1.93. The number of aromatic nitrogens is 2. The van der Waals surface area contributed by atoms with Gasteiger partial charge in [0, 0.05) is 18.4 Å². The van der Waals surface area contributed by atoms with Crippen molar-refractivity contribution in [2.75, 3.05) is 11.9 Å². The number of imidazole rings is 1. The Morgan fingerprint density at radius 3 is 2.60 bits per heavy atom. The van der Waals surface area contributed by atoms with Crippen LogP contribution in [0.15, 0.2) is 6.20 Å². The average molecular weight is 209 g/mol. The van der Waals surface area contributed by atoms with Crippen molar-refractivity contribution in [1.29, 1.82) is 0 Å². The fraction of sp³-hybridized carbons (Fsp3) is 0.750. The molecule has 0 aliphatic rings. The molecule has 0 aliphatic carbocycles. The van der Waals surface area contributed by atoms with E-state index in [-0.39, 0.29) is 0 Å². The van der Waals surface area contributed by atoms with Crippen LogP contribution >= 0.6 is 0 Å². The summed E-state index contributed by atoms with van der Waals surface area (Å²) >= 11 is 0. The second-order valence-electron chi connectivity index (χ2n) is 4.11. The third kappa shape index (κ3) is 5.45. The first-order valence-corrected chi connectivity index (χ1v) is 6.08. The summed E-state index contributed by atoms with van der Waals surface area (Å²) < 4.78 is 0. The lowest BCUT2D eigenvalue weighted by Gasteiger charge is -2.02. The molecule has 1 aromatic rings. The number of hydrogen-bond acceptors (Lipinski definition) is 2. The van der Waals surface area contributed by atoms with Crippen molar-refractivity contribution in [3.63, 3.8) is 0 Å². The summed E-state index contributed by atoms with van der Waals surface area (Å²) in [6, 6.07) is 0. The monoisotopic (exact) mass is 209 g/mol. The number of nitrogens with one attached hydrogen (secondary N) is 2. The van der Waals surface area contributed by atoms with E-state index in [1.165, 1.54) is 38.5 Å². The number of unbranched alkanes of at least 4 members (excludes halogenated alkanes) is 5. The molecule has 1 aromatic heterocycles. The SMILES string of the molecule is CCCCCCCCNc1ncc(C)[nH]1. The summed E-state index contributed by atoms with van der Waals surface area (Å²) in [6.45, 7) is 5.29. The van der Waals surface area contributed by atoms with E-state index in [1.54, 1.807) is 0 Å². The lowest BCUT2D eigenvalue weighted by molar-refractivity contribution is 0.616. The fourth-order valence-corrected chi connectivity index (χ4v) is 1.61. The number of hydrogen-bond donors (Lipinski definition) is 2.